The van der Waals surface area contributed by atoms with Crippen molar-refractivity contribution >= 4 is 11.6 Å². The minimum Gasteiger partial charge on any atom is -0.362 e. The average molecular weight is 246 g/mol. The zero-order chi connectivity index (χ0) is 12.4. The molecule has 2 heterocycles. The number of rotatable bonds is 1. The number of carbonyl (C=O) groups is 1. The second-order valence-electron chi connectivity index (χ2n) is 5.07. The first-order valence-electron chi connectivity index (χ1n) is 6.49. The van der Waals surface area contributed by atoms with Gasteiger partial charge in [-0.3, -0.25) is 4.79 Å². The average Bonchev–Trinajstić information content (AvgIpc) is 2.44. The maximum absolute atomic E-state index is 12.0. The molecule has 2 fully saturated rings. The summed E-state index contributed by atoms with van der Waals surface area (Å²) in [6.45, 7) is 2.73. The topological polar surface area (TPSA) is 41.6 Å². The molecule has 2 saturated heterocycles. The minimum absolute atomic E-state index is 0.0531. The predicted molar refractivity (Wildman–Crippen MR) is 69.6 cm³/mol. The molecule has 4 nitrogen and oxygen atoms in total. The number of hydrogen-bond acceptors (Lipinski definition) is 3. The summed E-state index contributed by atoms with van der Waals surface area (Å²) in [5.74, 6) is 0.0531. The van der Waals surface area contributed by atoms with E-state index in [2.05, 4.69) is 5.32 Å². The van der Waals surface area contributed by atoms with Crippen LogP contribution in [0.15, 0.2) is 30.3 Å². The van der Waals surface area contributed by atoms with Crippen LogP contribution < -0.4 is 10.2 Å². The second-order valence-corrected chi connectivity index (χ2v) is 5.07. The summed E-state index contributed by atoms with van der Waals surface area (Å²) in [7, 11) is 0. The van der Waals surface area contributed by atoms with E-state index in [1.807, 2.05) is 35.2 Å². The van der Waals surface area contributed by atoms with Gasteiger partial charge in [0.15, 0.2) is 0 Å². The van der Waals surface area contributed by atoms with Gasteiger partial charge in [0.2, 0.25) is 0 Å². The fourth-order valence-electron chi connectivity index (χ4n) is 2.76. The van der Waals surface area contributed by atoms with Gasteiger partial charge in [0.05, 0.1) is 12.1 Å². The lowest BCUT2D eigenvalue weighted by Gasteiger charge is -2.44. The van der Waals surface area contributed by atoms with Crippen molar-refractivity contribution < 1.29 is 9.53 Å². The van der Waals surface area contributed by atoms with Crippen LogP contribution in [-0.2, 0) is 9.53 Å². The molecule has 0 aliphatic carbocycles. The van der Waals surface area contributed by atoms with Crippen LogP contribution in [0.5, 0.6) is 0 Å². The Labute approximate surface area is 107 Å². The van der Waals surface area contributed by atoms with Crippen molar-refractivity contribution in [3.63, 3.8) is 0 Å². The van der Waals surface area contributed by atoms with Crippen molar-refractivity contribution in [1.82, 2.24) is 5.32 Å². The van der Waals surface area contributed by atoms with E-state index < -0.39 is 0 Å². The number of nitrogens with one attached hydrogen (secondary N) is 1. The summed E-state index contributed by atoms with van der Waals surface area (Å²) in [5.41, 5.74) is 0.776. The van der Waals surface area contributed by atoms with Crippen molar-refractivity contribution in [2.24, 2.45) is 0 Å². The first-order valence-corrected chi connectivity index (χ1v) is 6.49. The van der Waals surface area contributed by atoms with Crippen molar-refractivity contribution in [2.45, 2.75) is 18.4 Å². The molecule has 0 bridgehead atoms. The van der Waals surface area contributed by atoms with Gasteiger partial charge in [-0.25, -0.2) is 0 Å². The number of piperidine rings is 1. The monoisotopic (exact) mass is 246 g/mol. The van der Waals surface area contributed by atoms with Gasteiger partial charge in [-0.2, -0.15) is 0 Å². The molecule has 1 atom stereocenters. The molecule has 2 aliphatic heterocycles. The van der Waals surface area contributed by atoms with E-state index in [-0.39, 0.29) is 18.1 Å². The fraction of sp³-hybridized carbons (Fsp3) is 0.500. The first kappa shape index (κ1) is 11.7. The molecular weight excluding hydrogens is 228 g/mol. The molecule has 1 amide bonds. The van der Waals surface area contributed by atoms with Gasteiger partial charge in [-0.1, -0.05) is 18.2 Å². The molecule has 2 aliphatic rings. The van der Waals surface area contributed by atoms with Gasteiger partial charge in [0.25, 0.3) is 5.91 Å². The highest BCUT2D eigenvalue weighted by Gasteiger charge is 2.41. The number of amides is 1. The normalized spacial score (nSPS) is 28.7. The molecule has 3 rings (SSSR count). The molecular formula is C14H18N2O2. The predicted octanol–water partition coefficient (Wildman–Crippen LogP) is 1.17. The highest BCUT2D eigenvalue weighted by molar-refractivity contribution is 5.95. The number of benzene rings is 1. The standard InChI is InChI=1S/C14H18N2O2/c17-13-9-18-14(7-4-8-15-10-14)11-16(13)12-5-2-1-3-6-12/h1-3,5-6,15H,4,7-11H2. The van der Waals surface area contributed by atoms with Gasteiger partial charge in [-0.05, 0) is 31.5 Å². The quantitative estimate of drug-likeness (QED) is 0.809. The van der Waals surface area contributed by atoms with Crippen molar-refractivity contribution in [2.75, 3.05) is 31.1 Å². The number of morpholine rings is 1. The Morgan fingerprint density at radius 3 is 2.83 bits per heavy atom. The van der Waals surface area contributed by atoms with E-state index in [0.29, 0.717) is 6.54 Å². The highest BCUT2D eigenvalue weighted by Crippen LogP contribution is 2.28. The lowest BCUT2D eigenvalue weighted by molar-refractivity contribution is -0.140. The van der Waals surface area contributed by atoms with Gasteiger partial charge in [0.1, 0.15) is 6.61 Å². The van der Waals surface area contributed by atoms with Crippen LogP contribution in [0, 0.1) is 0 Å². The smallest absolute Gasteiger partial charge is 0.253 e. The Bertz CT molecular complexity index is 427. The van der Waals surface area contributed by atoms with E-state index in [0.717, 1.165) is 31.6 Å². The summed E-state index contributed by atoms with van der Waals surface area (Å²) in [4.78, 5) is 13.9. The molecule has 0 saturated carbocycles. The summed E-state index contributed by atoms with van der Waals surface area (Å²) >= 11 is 0. The van der Waals surface area contributed by atoms with E-state index in [4.69, 9.17) is 4.74 Å². The SMILES string of the molecule is O=C1COC2(CCCNC2)CN1c1ccccc1. The lowest BCUT2D eigenvalue weighted by Crippen LogP contribution is -2.60. The van der Waals surface area contributed by atoms with E-state index >= 15 is 0 Å². The third kappa shape index (κ3) is 2.13. The molecule has 1 spiro atoms. The molecule has 96 valence electrons. The van der Waals surface area contributed by atoms with Crippen molar-refractivity contribution in [3.8, 4) is 0 Å². The molecule has 1 aromatic carbocycles. The summed E-state index contributed by atoms with van der Waals surface area (Å²) in [6.07, 6.45) is 2.13. The van der Waals surface area contributed by atoms with Crippen molar-refractivity contribution in [3.05, 3.63) is 30.3 Å². The van der Waals surface area contributed by atoms with Crippen LogP contribution in [0.25, 0.3) is 0 Å². The van der Waals surface area contributed by atoms with Crippen LogP contribution in [0.4, 0.5) is 5.69 Å². The molecule has 18 heavy (non-hydrogen) atoms. The summed E-state index contributed by atoms with van der Waals surface area (Å²) in [5, 5.41) is 3.37. The Balaban J connectivity index is 1.83. The van der Waals surface area contributed by atoms with E-state index in [1.54, 1.807) is 0 Å². The molecule has 0 radical (unpaired) electrons. The van der Waals surface area contributed by atoms with Gasteiger partial charge < -0.3 is 15.0 Å². The Morgan fingerprint density at radius 2 is 2.11 bits per heavy atom. The van der Waals surface area contributed by atoms with Crippen molar-refractivity contribution in [1.29, 1.82) is 0 Å². The van der Waals surface area contributed by atoms with Crippen LogP contribution in [0.2, 0.25) is 0 Å². The molecule has 4 heteroatoms. The second kappa shape index (κ2) is 4.71. The Hall–Kier alpha value is -1.39. The fourth-order valence-corrected chi connectivity index (χ4v) is 2.76. The third-order valence-corrected chi connectivity index (χ3v) is 3.75. The van der Waals surface area contributed by atoms with Gasteiger partial charge >= 0.3 is 0 Å². The first-order chi connectivity index (χ1) is 8.79. The van der Waals surface area contributed by atoms with Gasteiger partial charge in [0, 0.05) is 12.2 Å². The maximum Gasteiger partial charge on any atom is 0.253 e. The number of nitrogens with zero attached hydrogens (tertiary/aromatic N) is 1. The Morgan fingerprint density at radius 1 is 1.28 bits per heavy atom. The number of ether oxygens (including phenoxy) is 1. The van der Waals surface area contributed by atoms with Crippen LogP contribution in [0.1, 0.15) is 12.8 Å². The van der Waals surface area contributed by atoms with Crippen LogP contribution in [-0.4, -0.2) is 37.7 Å². The number of para-hydroxylation sites is 1. The van der Waals surface area contributed by atoms with Crippen LogP contribution in [0.3, 0.4) is 0 Å². The lowest BCUT2D eigenvalue weighted by atomic mass is 9.91. The number of hydrogen-bond donors (Lipinski definition) is 1. The zero-order valence-corrected chi connectivity index (χ0v) is 10.4. The molecule has 1 unspecified atom stereocenters. The molecule has 0 aromatic heterocycles. The highest BCUT2D eigenvalue weighted by atomic mass is 16.5. The largest absolute Gasteiger partial charge is 0.362 e. The number of carbonyl (C=O) groups excluding carboxylic acids is 1. The zero-order valence-electron chi connectivity index (χ0n) is 10.4. The maximum atomic E-state index is 12.0. The molecule has 1 aromatic rings. The molecule has 1 N–H and O–H groups in total. The van der Waals surface area contributed by atoms with Gasteiger partial charge in [-0.15, -0.1) is 0 Å². The number of anilines is 1. The van der Waals surface area contributed by atoms with E-state index in [9.17, 15) is 4.79 Å². The summed E-state index contributed by atoms with van der Waals surface area (Å²) < 4.78 is 5.82. The minimum atomic E-state index is -0.192. The van der Waals surface area contributed by atoms with E-state index in [1.165, 1.54) is 0 Å². The Kier molecular flexibility index (Phi) is 3.06. The van der Waals surface area contributed by atoms with Crippen LogP contribution >= 0.6 is 0 Å². The third-order valence-electron chi connectivity index (χ3n) is 3.75. The summed E-state index contributed by atoms with van der Waals surface area (Å²) in [6, 6.07) is 9.85.